The Kier molecular flexibility index (Phi) is 8.08. The normalized spacial score (nSPS) is 24.7. The van der Waals surface area contributed by atoms with Crippen molar-refractivity contribution >= 4 is 27.5 Å². The Labute approximate surface area is 265 Å². The van der Waals surface area contributed by atoms with Gasteiger partial charge in [-0.15, -0.1) is 6.42 Å². The van der Waals surface area contributed by atoms with Crippen LogP contribution in [0.2, 0.25) is 0 Å². The van der Waals surface area contributed by atoms with Crippen molar-refractivity contribution in [3.05, 3.63) is 53.6 Å². The van der Waals surface area contributed by atoms with Crippen LogP contribution in [0.15, 0.2) is 36.4 Å². The third kappa shape index (κ3) is 5.45. The molecular weight excluding hydrogens is 591 g/mol. The second-order valence-electron chi connectivity index (χ2n) is 12.8. The average molecular weight is 626 g/mol. The predicted molar refractivity (Wildman–Crippen MR) is 170 cm³/mol. The Morgan fingerprint density at radius 3 is 2.63 bits per heavy atom. The van der Waals surface area contributed by atoms with Crippen LogP contribution < -0.4 is 15.0 Å². The molecule has 1 saturated carbocycles. The summed E-state index contributed by atoms with van der Waals surface area (Å²) in [6.45, 7) is 2.43. The lowest BCUT2D eigenvalue weighted by atomic mass is 9.86. The smallest absolute Gasteiger partial charge is 0.319 e. The number of aromatic hydroxyl groups is 1. The lowest BCUT2D eigenvalue weighted by Gasteiger charge is -2.36. The number of phenols is 1. The Balaban J connectivity index is 1.35. The largest absolute Gasteiger partial charge is 0.508 e. The molecule has 7 nitrogen and oxygen atoms in total. The van der Waals surface area contributed by atoms with E-state index in [0.717, 1.165) is 32.2 Å². The topological polar surface area (TPSA) is 94.3 Å². The standard InChI is InChI=1S/C36H34F3N5O2/c1-2-26-31(38)10-7-21-13-25(45)14-29(32(21)26)27-8-9-28-34(33(27)39)42-36(46-19-20-4-3-11-41-16-24(37)12-20)43-35(28)44-17-22-5-6-23(18-44)30(22)15-40/h1,7-10,13-14,20,22-24,30,41,45H,3-6,11-12,16-19H2/t20-,22?,23?,24-,30?/m1/s1. The molecule has 4 atom stereocenters. The second kappa shape index (κ2) is 12.3. The molecule has 2 aliphatic heterocycles. The number of piperidine rings is 1. The van der Waals surface area contributed by atoms with E-state index in [1.807, 2.05) is 0 Å². The van der Waals surface area contributed by atoms with Crippen LogP contribution in [0.4, 0.5) is 19.0 Å². The number of nitrogens with one attached hydrogen (secondary N) is 1. The summed E-state index contributed by atoms with van der Waals surface area (Å²) in [7, 11) is 0. The molecule has 1 aliphatic carbocycles. The molecule has 1 aromatic heterocycles. The van der Waals surface area contributed by atoms with E-state index in [2.05, 4.69) is 27.2 Å². The fourth-order valence-electron chi connectivity index (χ4n) is 7.71. The van der Waals surface area contributed by atoms with Crippen molar-refractivity contribution in [3.63, 3.8) is 0 Å². The number of alkyl halides is 1. The van der Waals surface area contributed by atoms with E-state index in [1.165, 1.54) is 24.3 Å². The van der Waals surface area contributed by atoms with Crippen LogP contribution in [0.25, 0.3) is 32.8 Å². The molecule has 2 N–H and O–H groups in total. The maximum atomic E-state index is 16.8. The van der Waals surface area contributed by atoms with Crippen LogP contribution in [-0.2, 0) is 0 Å². The molecule has 3 fully saturated rings. The van der Waals surface area contributed by atoms with Gasteiger partial charge in [-0.3, -0.25) is 0 Å². The van der Waals surface area contributed by atoms with Gasteiger partial charge in [0.05, 0.1) is 24.2 Å². The molecule has 46 heavy (non-hydrogen) atoms. The SMILES string of the molecule is C#Cc1c(F)ccc2cc(O)cc(-c3ccc4c(N5CC6CCC(C5)C6C#N)nc(OC[C@@H]5CCCNC[C@H](F)C5)nc4c3F)c12. The molecule has 4 aromatic rings. The molecule has 2 saturated heterocycles. The van der Waals surface area contributed by atoms with Gasteiger partial charge in [0.1, 0.15) is 29.1 Å². The summed E-state index contributed by atoms with van der Waals surface area (Å²) in [4.78, 5) is 11.4. The fourth-order valence-corrected chi connectivity index (χ4v) is 7.71. The van der Waals surface area contributed by atoms with Gasteiger partial charge in [0.15, 0.2) is 5.82 Å². The first kappa shape index (κ1) is 30.1. The van der Waals surface area contributed by atoms with Crippen molar-refractivity contribution in [3.8, 4) is 41.3 Å². The van der Waals surface area contributed by atoms with Crippen LogP contribution in [0.3, 0.4) is 0 Å². The summed E-state index contributed by atoms with van der Waals surface area (Å²) in [6, 6.07) is 11.3. The van der Waals surface area contributed by atoms with E-state index < -0.39 is 17.8 Å². The zero-order valence-electron chi connectivity index (χ0n) is 25.3. The van der Waals surface area contributed by atoms with Gasteiger partial charge in [0, 0.05) is 36.0 Å². The van der Waals surface area contributed by atoms with Crippen molar-refractivity contribution in [1.29, 1.82) is 5.26 Å². The van der Waals surface area contributed by atoms with E-state index in [4.69, 9.17) is 16.1 Å². The zero-order chi connectivity index (χ0) is 31.9. The molecule has 2 unspecified atom stereocenters. The molecule has 7 rings (SSSR count). The molecule has 0 radical (unpaired) electrons. The van der Waals surface area contributed by atoms with E-state index in [-0.39, 0.29) is 64.2 Å². The highest BCUT2D eigenvalue weighted by Crippen LogP contribution is 2.45. The van der Waals surface area contributed by atoms with Gasteiger partial charge in [0.2, 0.25) is 0 Å². The van der Waals surface area contributed by atoms with Crippen LogP contribution in [0.5, 0.6) is 11.8 Å². The lowest BCUT2D eigenvalue weighted by Crippen LogP contribution is -2.42. The monoisotopic (exact) mass is 625 g/mol. The van der Waals surface area contributed by atoms with Gasteiger partial charge in [-0.1, -0.05) is 18.1 Å². The highest BCUT2D eigenvalue weighted by molar-refractivity contribution is 6.04. The number of aromatic nitrogens is 2. The van der Waals surface area contributed by atoms with Gasteiger partial charge in [-0.05, 0) is 91.6 Å². The molecule has 236 valence electrons. The Morgan fingerprint density at radius 2 is 1.87 bits per heavy atom. The van der Waals surface area contributed by atoms with Crippen LogP contribution in [0, 0.1) is 59.0 Å². The molecule has 2 bridgehead atoms. The van der Waals surface area contributed by atoms with Crippen molar-refractivity contribution < 1.29 is 23.0 Å². The minimum atomic E-state index is -0.992. The predicted octanol–water partition coefficient (Wildman–Crippen LogP) is 6.51. The molecule has 0 amide bonds. The summed E-state index contributed by atoms with van der Waals surface area (Å²) in [6.07, 6.45) is 8.59. The van der Waals surface area contributed by atoms with E-state index >= 15 is 4.39 Å². The van der Waals surface area contributed by atoms with Crippen molar-refractivity contribution in [2.24, 2.45) is 23.7 Å². The first-order valence-corrected chi connectivity index (χ1v) is 15.9. The van der Waals surface area contributed by atoms with Crippen LogP contribution in [-0.4, -0.2) is 54.0 Å². The minimum Gasteiger partial charge on any atom is -0.508 e. The quantitative estimate of drug-likeness (QED) is 0.244. The van der Waals surface area contributed by atoms with Crippen molar-refractivity contribution in [1.82, 2.24) is 15.3 Å². The Bertz CT molecular complexity index is 1890. The highest BCUT2D eigenvalue weighted by Gasteiger charge is 2.43. The van der Waals surface area contributed by atoms with Crippen LogP contribution in [0.1, 0.15) is 37.7 Å². The first-order valence-electron chi connectivity index (χ1n) is 15.9. The number of hydrogen-bond acceptors (Lipinski definition) is 7. The average Bonchev–Trinajstić information content (AvgIpc) is 3.29. The number of nitriles is 1. The number of benzene rings is 3. The number of anilines is 1. The first-order chi connectivity index (χ1) is 22.3. The summed E-state index contributed by atoms with van der Waals surface area (Å²) in [5.74, 6) is 1.75. The number of fused-ring (bicyclic) bond motifs is 4. The Morgan fingerprint density at radius 1 is 1.07 bits per heavy atom. The molecule has 10 heteroatoms. The number of phenolic OH excluding ortho intramolecular Hbond substituents is 1. The van der Waals surface area contributed by atoms with E-state index in [0.29, 0.717) is 48.0 Å². The van der Waals surface area contributed by atoms with Gasteiger partial charge in [-0.2, -0.15) is 15.2 Å². The third-order valence-electron chi connectivity index (χ3n) is 9.90. The van der Waals surface area contributed by atoms with Gasteiger partial charge in [0.25, 0.3) is 0 Å². The number of rotatable bonds is 5. The number of terminal acetylenes is 1. The molecule has 3 aromatic carbocycles. The van der Waals surface area contributed by atoms with Crippen molar-refractivity contribution in [2.75, 3.05) is 37.7 Å². The van der Waals surface area contributed by atoms with Crippen molar-refractivity contribution in [2.45, 2.75) is 38.3 Å². The van der Waals surface area contributed by atoms with E-state index in [9.17, 15) is 19.1 Å². The minimum absolute atomic E-state index is 0.00708. The Hall–Kier alpha value is -4.54. The van der Waals surface area contributed by atoms with Gasteiger partial charge in [-0.25, -0.2) is 13.2 Å². The number of ether oxygens (including phenoxy) is 1. The highest BCUT2D eigenvalue weighted by atomic mass is 19.1. The summed E-state index contributed by atoms with van der Waals surface area (Å²) in [5.41, 5.74) is 0.292. The number of halogens is 3. The summed E-state index contributed by atoms with van der Waals surface area (Å²) >= 11 is 0. The number of nitrogens with zero attached hydrogens (tertiary/aromatic N) is 4. The molecular formula is C36H34F3N5O2. The lowest BCUT2D eigenvalue weighted by molar-refractivity contribution is 0.166. The number of hydrogen-bond donors (Lipinski definition) is 2. The molecule has 0 spiro atoms. The molecule has 3 aliphatic rings. The van der Waals surface area contributed by atoms with Gasteiger partial charge >= 0.3 is 6.01 Å². The van der Waals surface area contributed by atoms with Gasteiger partial charge < -0.3 is 20.1 Å². The van der Waals surface area contributed by atoms with Crippen LogP contribution >= 0.6 is 0 Å². The summed E-state index contributed by atoms with van der Waals surface area (Å²) < 4.78 is 52.2. The maximum Gasteiger partial charge on any atom is 0.319 e. The third-order valence-corrected chi connectivity index (χ3v) is 9.90. The maximum absolute atomic E-state index is 16.8. The zero-order valence-corrected chi connectivity index (χ0v) is 25.3. The fraction of sp³-hybridized carbons (Fsp3) is 0.417. The second-order valence-corrected chi connectivity index (χ2v) is 12.8. The molecule has 3 heterocycles. The summed E-state index contributed by atoms with van der Waals surface area (Å²) in [5, 5.41) is 24.7. The van der Waals surface area contributed by atoms with E-state index in [1.54, 1.807) is 12.1 Å².